The number of carbonyl (C=O) groups is 13. The van der Waals surface area contributed by atoms with Crippen LogP contribution in [0.2, 0.25) is 0 Å². The zero-order valence-electron chi connectivity index (χ0n) is 45.1. The van der Waals surface area contributed by atoms with Crippen LogP contribution >= 0.6 is 0 Å². The zero-order chi connectivity index (χ0) is 58.4. The number of hydrogen-bond donors (Lipinski definition) is 13. The molecule has 28 nitrogen and oxygen atoms in total. The van der Waals surface area contributed by atoms with Crippen molar-refractivity contribution in [1.82, 2.24) is 47.0 Å². The maximum absolute atomic E-state index is 14.4. The average Bonchev–Trinajstić information content (AvgIpc) is 4.04. The molecule has 0 radical (unpaired) electrons. The molecule has 0 aromatic rings. The fraction of sp³-hybridized carbons (Fsp3) is 0.735. The van der Waals surface area contributed by atoms with Crippen LogP contribution in [-0.2, 0) is 62.3 Å². The lowest BCUT2D eigenvalue weighted by atomic mass is 9.98. The standard InChI is InChI=1S/C49H82N12O16/c1-24(2)22-31(43(70)58-38(25(3)4)46(73)54-28(12-8-9-19-50)41(68)53-29(15-17-35(52)62)42(69)57-32(49(76)77)23-37(65)66)56-44(71)33-13-11-21-61(33)48(75)39(26(5)6)59-45(72)34-14-10-20-60(34)47(74)30(16-18-36(63)64)55-40(67)27(7)51/h24-34,38-39H,8-23,50-51H2,1-7H3,(H2,52,62)(H,53,68)(H,54,73)(H,55,67)(H,56,71)(H,57,69)(H,58,70)(H,59,72)(H,63,64)(H,65,66)(H,76,77)/t27-,28-,29-,30-,31-,32-,33-,34-,38-,39-/m0/s1. The summed E-state index contributed by atoms with van der Waals surface area (Å²) in [4.78, 5) is 173. The van der Waals surface area contributed by atoms with Crippen LogP contribution < -0.4 is 54.4 Å². The van der Waals surface area contributed by atoms with Crippen molar-refractivity contribution in [3.8, 4) is 0 Å². The Kier molecular flexibility index (Phi) is 27.4. The van der Waals surface area contributed by atoms with Gasteiger partial charge in [0.2, 0.25) is 59.1 Å². The smallest absolute Gasteiger partial charge is 0.326 e. The Bertz CT molecular complexity index is 2140. The molecule has 0 saturated carbocycles. The molecule has 2 rings (SSSR count). The Morgan fingerprint density at radius 3 is 1.48 bits per heavy atom. The fourth-order valence-electron chi connectivity index (χ4n) is 8.83. The van der Waals surface area contributed by atoms with Gasteiger partial charge in [-0.3, -0.25) is 57.5 Å². The molecule has 2 aliphatic heterocycles. The van der Waals surface area contributed by atoms with Crippen molar-refractivity contribution < 1.29 is 77.6 Å². The topological polar surface area (TPSA) is 451 Å². The lowest BCUT2D eigenvalue weighted by Gasteiger charge is -2.33. The summed E-state index contributed by atoms with van der Waals surface area (Å²) in [7, 11) is 0. The van der Waals surface area contributed by atoms with Crippen molar-refractivity contribution in [3.63, 3.8) is 0 Å². The third-order valence-corrected chi connectivity index (χ3v) is 13.1. The van der Waals surface area contributed by atoms with Gasteiger partial charge < -0.3 is 79.5 Å². The lowest BCUT2D eigenvalue weighted by Crippen LogP contribution is -2.61. The predicted octanol–water partition coefficient (Wildman–Crippen LogP) is -3.11. The molecule has 0 spiro atoms. The molecule has 77 heavy (non-hydrogen) atoms. The van der Waals surface area contributed by atoms with Gasteiger partial charge in [-0.15, -0.1) is 0 Å². The first kappa shape index (κ1) is 66.1. The minimum Gasteiger partial charge on any atom is -0.481 e. The van der Waals surface area contributed by atoms with Gasteiger partial charge in [0, 0.05) is 25.9 Å². The number of carboxylic acid groups (broad SMARTS) is 3. The normalized spacial score (nSPS) is 18.4. The van der Waals surface area contributed by atoms with E-state index in [4.69, 9.17) is 22.3 Å². The number of amides is 10. The summed E-state index contributed by atoms with van der Waals surface area (Å²) >= 11 is 0. The number of carboxylic acids is 3. The molecule has 2 fully saturated rings. The fourth-order valence-corrected chi connectivity index (χ4v) is 8.83. The molecule has 16 N–H and O–H groups in total. The molecule has 0 aromatic heterocycles. The van der Waals surface area contributed by atoms with E-state index in [1.54, 1.807) is 41.5 Å². The van der Waals surface area contributed by atoms with E-state index in [2.05, 4.69) is 31.9 Å². The first-order valence-corrected chi connectivity index (χ1v) is 26.1. The van der Waals surface area contributed by atoms with Gasteiger partial charge in [0.25, 0.3) is 0 Å². The first-order chi connectivity index (χ1) is 36.0. The molecule has 0 unspecified atom stereocenters. The quantitative estimate of drug-likeness (QED) is 0.0289. The van der Waals surface area contributed by atoms with Gasteiger partial charge in [0.1, 0.15) is 54.4 Å². The number of nitrogens with zero attached hydrogens (tertiary/aromatic N) is 2. The van der Waals surface area contributed by atoms with Gasteiger partial charge in [0.15, 0.2) is 0 Å². The van der Waals surface area contributed by atoms with E-state index < -0.39 is 175 Å². The van der Waals surface area contributed by atoms with Crippen LogP contribution in [0, 0.1) is 17.8 Å². The second-order valence-electron chi connectivity index (χ2n) is 20.7. The van der Waals surface area contributed by atoms with Gasteiger partial charge in [-0.1, -0.05) is 41.5 Å². The number of carbonyl (C=O) groups excluding carboxylic acids is 10. The van der Waals surface area contributed by atoms with E-state index in [0.29, 0.717) is 19.3 Å². The summed E-state index contributed by atoms with van der Waals surface area (Å²) in [5, 5.41) is 45.6. The van der Waals surface area contributed by atoms with Crippen molar-refractivity contribution >= 4 is 77.0 Å². The van der Waals surface area contributed by atoms with Gasteiger partial charge in [-0.2, -0.15) is 0 Å². The Morgan fingerprint density at radius 2 is 1.00 bits per heavy atom. The molecule has 10 atom stereocenters. The summed E-state index contributed by atoms with van der Waals surface area (Å²) in [6, 6.07) is -13.1. The van der Waals surface area contributed by atoms with Crippen LogP contribution in [-0.4, -0.2) is 182 Å². The van der Waals surface area contributed by atoms with Gasteiger partial charge in [-0.05, 0) is 95.4 Å². The monoisotopic (exact) mass is 1090 g/mol. The number of rotatable bonds is 33. The van der Waals surface area contributed by atoms with Crippen LogP contribution in [0.1, 0.15) is 132 Å². The first-order valence-electron chi connectivity index (χ1n) is 26.1. The Labute approximate surface area is 447 Å². The molecule has 0 aromatic carbocycles. The number of nitrogens with one attached hydrogen (secondary N) is 7. The van der Waals surface area contributed by atoms with Crippen molar-refractivity contribution in [2.24, 2.45) is 35.0 Å². The molecule has 10 amide bonds. The Morgan fingerprint density at radius 1 is 0.519 bits per heavy atom. The molecular formula is C49H82N12O16. The molecule has 2 aliphatic rings. The summed E-state index contributed by atoms with van der Waals surface area (Å²) in [5.74, 6) is -13.7. The van der Waals surface area contributed by atoms with Crippen LogP contribution in [0.25, 0.3) is 0 Å². The third-order valence-electron chi connectivity index (χ3n) is 13.1. The van der Waals surface area contributed by atoms with E-state index in [1.165, 1.54) is 16.7 Å². The molecule has 2 heterocycles. The molecule has 434 valence electrons. The van der Waals surface area contributed by atoms with Crippen LogP contribution in [0.4, 0.5) is 0 Å². The van der Waals surface area contributed by atoms with E-state index >= 15 is 0 Å². The van der Waals surface area contributed by atoms with E-state index in [0.717, 1.165) is 0 Å². The third kappa shape index (κ3) is 21.5. The summed E-state index contributed by atoms with van der Waals surface area (Å²) < 4.78 is 0. The maximum atomic E-state index is 14.4. The van der Waals surface area contributed by atoms with Gasteiger partial charge in [0.05, 0.1) is 12.5 Å². The summed E-state index contributed by atoms with van der Waals surface area (Å²) in [6.45, 7) is 12.0. The molecular weight excluding hydrogens is 1010 g/mol. The second-order valence-corrected chi connectivity index (χ2v) is 20.7. The number of unbranched alkanes of at least 4 members (excludes halogenated alkanes) is 1. The van der Waals surface area contributed by atoms with E-state index in [1.807, 2.05) is 5.32 Å². The number of nitrogens with two attached hydrogens (primary N) is 3. The van der Waals surface area contributed by atoms with Crippen LogP contribution in [0.5, 0.6) is 0 Å². The second kappa shape index (κ2) is 31.9. The minimum absolute atomic E-state index is 0.0380. The highest BCUT2D eigenvalue weighted by Crippen LogP contribution is 2.24. The molecule has 0 bridgehead atoms. The van der Waals surface area contributed by atoms with Crippen LogP contribution in [0.15, 0.2) is 0 Å². The van der Waals surface area contributed by atoms with Gasteiger partial charge in [-0.25, -0.2) is 4.79 Å². The van der Waals surface area contributed by atoms with Crippen molar-refractivity contribution in [1.29, 1.82) is 0 Å². The van der Waals surface area contributed by atoms with E-state index in [9.17, 15) is 72.5 Å². The minimum atomic E-state index is -1.90. The van der Waals surface area contributed by atoms with Crippen molar-refractivity contribution in [2.45, 2.75) is 192 Å². The summed E-state index contributed by atoms with van der Waals surface area (Å²) in [5.41, 5.74) is 16.6. The maximum Gasteiger partial charge on any atom is 0.326 e. The predicted molar refractivity (Wildman–Crippen MR) is 274 cm³/mol. The van der Waals surface area contributed by atoms with Crippen molar-refractivity contribution in [3.05, 3.63) is 0 Å². The van der Waals surface area contributed by atoms with Crippen LogP contribution in [0.3, 0.4) is 0 Å². The largest absolute Gasteiger partial charge is 0.481 e. The lowest BCUT2D eigenvalue weighted by molar-refractivity contribution is -0.147. The Balaban J connectivity index is 2.33. The zero-order valence-corrected chi connectivity index (χ0v) is 45.1. The Hall–Kier alpha value is -6.97. The van der Waals surface area contributed by atoms with Crippen molar-refractivity contribution in [2.75, 3.05) is 19.6 Å². The number of hydrogen-bond acceptors (Lipinski definition) is 15. The molecule has 2 saturated heterocycles. The SMILES string of the molecule is CC(C)C[C@H](NC(=O)[C@@H]1CCCN1C(=O)[C@@H](NC(=O)[C@@H]1CCCN1C(=O)[C@H](CCC(=O)O)NC(=O)[C@H](C)N)C(C)C)C(=O)N[C@H](C(=O)N[C@@H](CCCCN)C(=O)N[C@@H](CCC(N)=O)C(=O)N[C@@H](CC(=O)O)C(=O)O)C(C)C. The number of primary amides is 1. The highest BCUT2D eigenvalue weighted by molar-refractivity contribution is 5.99. The molecule has 0 aliphatic carbocycles. The highest BCUT2D eigenvalue weighted by Gasteiger charge is 2.44. The number of aliphatic carboxylic acids is 3. The number of likely N-dealkylation sites (tertiary alicyclic amines) is 2. The van der Waals surface area contributed by atoms with E-state index in [-0.39, 0.29) is 64.1 Å². The molecule has 28 heteroatoms. The average molecular weight is 1100 g/mol. The van der Waals surface area contributed by atoms with Gasteiger partial charge >= 0.3 is 17.9 Å². The summed E-state index contributed by atoms with van der Waals surface area (Å²) in [6.07, 6.45) is -0.688. The highest BCUT2D eigenvalue weighted by atomic mass is 16.4.